The van der Waals surface area contributed by atoms with Crippen molar-refractivity contribution in [2.24, 2.45) is 5.41 Å². The number of aliphatic hydroxyl groups is 1. The number of rotatable bonds is 4. The summed E-state index contributed by atoms with van der Waals surface area (Å²) in [4.78, 5) is 4.04. The van der Waals surface area contributed by atoms with Crippen molar-refractivity contribution in [3.05, 3.63) is 24.0 Å². The van der Waals surface area contributed by atoms with Gasteiger partial charge in [0.15, 0.2) is 0 Å². The third kappa shape index (κ3) is 2.23. The second-order valence-corrected chi connectivity index (χ2v) is 4.24. The Kier molecular flexibility index (Phi) is 2.42. The zero-order valence-corrected chi connectivity index (χ0v) is 8.36. The summed E-state index contributed by atoms with van der Waals surface area (Å²) in [5.41, 5.74) is 1.07. The second-order valence-electron chi connectivity index (χ2n) is 4.24. The predicted molar refractivity (Wildman–Crippen MR) is 53.0 cm³/mol. The molecule has 1 fully saturated rings. The van der Waals surface area contributed by atoms with Crippen LogP contribution in [0.2, 0.25) is 0 Å². The lowest BCUT2D eigenvalue weighted by Crippen LogP contribution is -2.08. The fourth-order valence-corrected chi connectivity index (χ4v) is 1.21. The van der Waals surface area contributed by atoms with E-state index in [0.29, 0.717) is 11.1 Å². The van der Waals surface area contributed by atoms with Gasteiger partial charge in [-0.15, -0.1) is 0 Å². The van der Waals surface area contributed by atoms with Gasteiger partial charge in [0, 0.05) is 5.41 Å². The van der Waals surface area contributed by atoms with Gasteiger partial charge >= 0.3 is 0 Å². The van der Waals surface area contributed by atoms with Crippen molar-refractivity contribution in [1.29, 1.82) is 0 Å². The standard InChI is InChI=1S/C11H15NO2/c1-11(4-5-11)8-14-10-3-2-9(7-13)12-6-10/h2-3,6,13H,4-5,7-8H2,1H3. The SMILES string of the molecule is CC1(COc2ccc(CO)nc2)CC1. The molecular weight excluding hydrogens is 178 g/mol. The first-order chi connectivity index (χ1) is 6.72. The van der Waals surface area contributed by atoms with Gasteiger partial charge in [0.2, 0.25) is 0 Å². The Balaban J connectivity index is 1.89. The molecule has 0 bridgehead atoms. The maximum Gasteiger partial charge on any atom is 0.137 e. The van der Waals surface area contributed by atoms with Crippen LogP contribution < -0.4 is 4.74 Å². The maximum atomic E-state index is 8.79. The van der Waals surface area contributed by atoms with Crippen molar-refractivity contribution in [3.63, 3.8) is 0 Å². The zero-order chi connectivity index (χ0) is 10.0. The number of aliphatic hydroxyl groups excluding tert-OH is 1. The van der Waals surface area contributed by atoms with Gasteiger partial charge in [-0.25, -0.2) is 0 Å². The van der Waals surface area contributed by atoms with Crippen LogP contribution in [0.15, 0.2) is 18.3 Å². The fraction of sp³-hybridized carbons (Fsp3) is 0.545. The van der Waals surface area contributed by atoms with Crippen LogP contribution in [0.1, 0.15) is 25.5 Å². The minimum Gasteiger partial charge on any atom is -0.491 e. The number of hydrogen-bond acceptors (Lipinski definition) is 3. The van der Waals surface area contributed by atoms with E-state index in [9.17, 15) is 0 Å². The molecule has 0 aromatic carbocycles. The van der Waals surface area contributed by atoms with Crippen LogP contribution in [-0.2, 0) is 6.61 Å². The molecule has 1 aromatic rings. The van der Waals surface area contributed by atoms with E-state index in [0.717, 1.165) is 12.4 Å². The van der Waals surface area contributed by atoms with Gasteiger partial charge in [0.1, 0.15) is 5.75 Å². The Morgan fingerprint density at radius 2 is 2.29 bits per heavy atom. The minimum absolute atomic E-state index is 0.0159. The predicted octanol–water partition coefficient (Wildman–Crippen LogP) is 1.75. The third-order valence-corrected chi connectivity index (χ3v) is 2.65. The molecule has 1 aliphatic carbocycles. The highest BCUT2D eigenvalue weighted by Crippen LogP contribution is 2.44. The highest BCUT2D eigenvalue weighted by atomic mass is 16.5. The van der Waals surface area contributed by atoms with Crippen LogP contribution in [0.3, 0.4) is 0 Å². The Morgan fingerprint density at radius 3 is 2.79 bits per heavy atom. The Morgan fingerprint density at radius 1 is 1.50 bits per heavy atom. The number of aromatic nitrogens is 1. The lowest BCUT2D eigenvalue weighted by molar-refractivity contribution is 0.245. The van der Waals surface area contributed by atoms with E-state index in [1.165, 1.54) is 12.8 Å². The molecule has 0 spiro atoms. The molecule has 0 aliphatic heterocycles. The molecule has 0 unspecified atom stereocenters. The van der Waals surface area contributed by atoms with Gasteiger partial charge in [-0.2, -0.15) is 0 Å². The van der Waals surface area contributed by atoms with Crippen molar-refractivity contribution in [2.75, 3.05) is 6.61 Å². The molecule has 14 heavy (non-hydrogen) atoms. The largest absolute Gasteiger partial charge is 0.491 e. The van der Waals surface area contributed by atoms with Crippen molar-refractivity contribution in [1.82, 2.24) is 4.98 Å². The van der Waals surface area contributed by atoms with Crippen LogP contribution in [0, 0.1) is 5.41 Å². The molecular formula is C11H15NO2. The molecule has 0 atom stereocenters. The first kappa shape index (κ1) is 9.46. The second kappa shape index (κ2) is 3.58. The third-order valence-electron chi connectivity index (χ3n) is 2.65. The first-order valence-corrected chi connectivity index (χ1v) is 4.90. The number of ether oxygens (including phenoxy) is 1. The molecule has 1 N–H and O–H groups in total. The summed E-state index contributed by atoms with van der Waals surface area (Å²) in [7, 11) is 0. The van der Waals surface area contributed by atoms with Crippen LogP contribution in [0.5, 0.6) is 5.75 Å². The van der Waals surface area contributed by atoms with E-state index in [-0.39, 0.29) is 6.61 Å². The zero-order valence-electron chi connectivity index (χ0n) is 8.36. The van der Waals surface area contributed by atoms with Crippen molar-refractivity contribution in [2.45, 2.75) is 26.4 Å². The fourth-order valence-electron chi connectivity index (χ4n) is 1.21. The van der Waals surface area contributed by atoms with E-state index >= 15 is 0 Å². The van der Waals surface area contributed by atoms with Gasteiger partial charge < -0.3 is 9.84 Å². The Bertz CT molecular complexity index is 304. The molecule has 3 heteroatoms. The smallest absolute Gasteiger partial charge is 0.137 e. The van der Waals surface area contributed by atoms with Crippen molar-refractivity contribution >= 4 is 0 Å². The van der Waals surface area contributed by atoms with Gasteiger partial charge in [0.25, 0.3) is 0 Å². The number of pyridine rings is 1. The summed E-state index contributed by atoms with van der Waals surface area (Å²) in [5, 5.41) is 8.79. The van der Waals surface area contributed by atoms with Gasteiger partial charge in [-0.05, 0) is 25.0 Å². The molecule has 1 heterocycles. The van der Waals surface area contributed by atoms with Crippen LogP contribution in [0.4, 0.5) is 0 Å². The molecule has 0 radical (unpaired) electrons. The Hall–Kier alpha value is -1.09. The van der Waals surface area contributed by atoms with Gasteiger partial charge in [-0.3, -0.25) is 4.98 Å². The summed E-state index contributed by atoms with van der Waals surface area (Å²) in [6.07, 6.45) is 4.18. The van der Waals surface area contributed by atoms with Crippen molar-refractivity contribution < 1.29 is 9.84 Å². The molecule has 1 aromatic heterocycles. The highest BCUT2D eigenvalue weighted by molar-refractivity contribution is 5.19. The van der Waals surface area contributed by atoms with E-state index in [1.807, 2.05) is 6.07 Å². The van der Waals surface area contributed by atoms with Crippen LogP contribution >= 0.6 is 0 Å². The lowest BCUT2D eigenvalue weighted by atomic mass is 10.2. The summed E-state index contributed by atoms with van der Waals surface area (Å²) in [5.74, 6) is 0.787. The number of nitrogens with zero attached hydrogens (tertiary/aromatic N) is 1. The van der Waals surface area contributed by atoms with E-state index in [1.54, 1.807) is 12.3 Å². The van der Waals surface area contributed by atoms with Gasteiger partial charge in [-0.1, -0.05) is 6.92 Å². The summed E-state index contributed by atoms with van der Waals surface area (Å²) in [6, 6.07) is 3.63. The topological polar surface area (TPSA) is 42.4 Å². The maximum absolute atomic E-state index is 8.79. The molecule has 76 valence electrons. The van der Waals surface area contributed by atoms with E-state index in [2.05, 4.69) is 11.9 Å². The molecule has 0 saturated heterocycles. The van der Waals surface area contributed by atoms with Crippen LogP contribution in [0.25, 0.3) is 0 Å². The number of hydrogen-bond donors (Lipinski definition) is 1. The lowest BCUT2D eigenvalue weighted by Gasteiger charge is -2.10. The first-order valence-electron chi connectivity index (χ1n) is 4.90. The average Bonchev–Trinajstić information content (AvgIpc) is 2.95. The molecule has 0 amide bonds. The molecule has 1 saturated carbocycles. The van der Waals surface area contributed by atoms with Gasteiger partial charge in [0.05, 0.1) is 25.1 Å². The monoisotopic (exact) mass is 193 g/mol. The summed E-state index contributed by atoms with van der Waals surface area (Å²) in [6.45, 7) is 2.98. The quantitative estimate of drug-likeness (QED) is 0.792. The van der Waals surface area contributed by atoms with Crippen molar-refractivity contribution in [3.8, 4) is 5.75 Å². The summed E-state index contributed by atoms with van der Waals surface area (Å²) < 4.78 is 5.59. The molecule has 1 aliphatic rings. The van der Waals surface area contributed by atoms with Crippen LogP contribution in [-0.4, -0.2) is 16.7 Å². The molecule has 3 nitrogen and oxygen atoms in total. The van der Waals surface area contributed by atoms with E-state index in [4.69, 9.17) is 9.84 Å². The Labute approximate surface area is 83.7 Å². The highest BCUT2D eigenvalue weighted by Gasteiger charge is 2.38. The van der Waals surface area contributed by atoms with E-state index < -0.39 is 0 Å². The minimum atomic E-state index is -0.0159. The summed E-state index contributed by atoms with van der Waals surface area (Å²) >= 11 is 0. The average molecular weight is 193 g/mol. The molecule has 2 rings (SSSR count). The normalized spacial score (nSPS) is 17.9.